The molecule has 3 rings (SSSR count). The number of carbonyl (C=O) groups is 1. The van der Waals surface area contributed by atoms with Gasteiger partial charge in [0, 0.05) is 22.2 Å². The van der Waals surface area contributed by atoms with E-state index in [-0.39, 0.29) is 10.6 Å². The smallest absolute Gasteiger partial charge is 0.197 e. The van der Waals surface area contributed by atoms with Crippen LogP contribution in [0.4, 0.5) is 4.39 Å². The average Bonchev–Trinajstić information content (AvgIpc) is 2.46. The minimum Gasteiger partial charge on any atom is -0.288 e. The van der Waals surface area contributed by atoms with E-state index in [0.717, 1.165) is 17.0 Å². The minimum absolute atomic E-state index is 0.00789. The minimum atomic E-state index is -0.629. The number of pyridine rings is 1. The summed E-state index contributed by atoms with van der Waals surface area (Å²) in [6.07, 6.45) is 1.46. The molecule has 0 N–H and O–H groups in total. The molecule has 1 heterocycles. The van der Waals surface area contributed by atoms with Gasteiger partial charge in [0.15, 0.2) is 5.78 Å². The van der Waals surface area contributed by atoms with Gasteiger partial charge in [0.2, 0.25) is 0 Å². The Morgan fingerprint density at radius 1 is 1.10 bits per heavy atom. The van der Waals surface area contributed by atoms with Crippen LogP contribution in [0, 0.1) is 5.82 Å². The van der Waals surface area contributed by atoms with Gasteiger partial charge in [-0.15, -0.1) is 0 Å². The molecule has 0 bridgehead atoms. The number of halogens is 2. The molecule has 4 heteroatoms. The van der Waals surface area contributed by atoms with Crippen molar-refractivity contribution in [2.75, 3.05) is 0 Å². The Kier molecular flexibility index (Phi) is 3.20. The van der Waals surface area contributed by atoms with Crippen LogP contribution in [0.25, 0.3) is 10.9 Å². The summed E-state index contributed by atoms with van der Waals surface area (Å²) in [4.78, 5) is 16.5. The number of fused-ring (bicyclic) bond motifs is 1. The van der Waals surface area contributed by atoms with Gasteiger partial charge in [0.1, 0.15) is 5.82 Å². The molecule has 0 unspecified atom stereocenters. The van der Waals surface area contributed by atoms with Crippen molar-refractivity contribution < 1.29 is 9.18 Å². The van der Waals surface area contributed by atoms with Crippen LogP contribution in [0.2, 0.25) is 5.02 Å². The van der Waals surface area contributed by atoms with Crippen molar-refractivity contribution >= 4 is 28.3 Å². The Balaban J connectivity index is 2.08. The number of ketones is 1. The lowest BCUT2D eigenvalue weighted by molar-refractivity contribution is 0.103. The Bertz CT molecular complexity index is 816. The maximum atomic E-state index is 13.8. The number of rotatable bonds is 2. The van der Waals surface area contributed by atoms with Crippen molar-refractivity contribution in [3.8, 4) is 0 Å². The lowest BCUT2D eigenvalue weighted by Crippen LogP contribution is -2.04. The standard InChI is InChI=1S/C16H9ClFNO/c17-12-5-6-13(14(18)8-12)16(20)11-7-10-3-1-2-4-15(10)19-9-11/h1-9H. The Labute approximate surface area is 119 Å². The Hall–Kier alpha value is -2.26. The van der Waals surface area contributed by atoms with Crippen molar-refractivity contribution in [1.29, 1.82) is 0 Å². The molecule has 0 saturated heterocycles. The molecule has 0 aliphatic rings. The van der Waals surface area contributed by atoms with Gasteiger partial charge in [-0.3, -0.25) is 9.78 Å². The maximum absolute atomic E-state index is 13.8. The topological polar surface area (TPSA) is 30.0 Å². The van der Waals surface area contributed by atoms with Gasteiger partial charge in [0.05, 0.1) is 11.1 Å². The van der Waals surface area contributed by atoms with Crippen LogP contribution < -0.4 is 0 Å². The highest BCUT2D eigenvalue weighted by Gasteiger charge is 2.15. The lowest BCUT2D eigenvalue weighted by Gasteiger charge is -2.04. The molecule has 98 valence electrons. The van der Waals surface area contributed by atoms with E-state index in [1.165, 1.54) is 18.3 Å². The molecule has 1 aromatic heterocycles. The van der Waals surface area contributed by atoms with Crippen LogP contribution in [0.1, 0.15) is 15.9 Å². The summed E-state index contributed by atoms with van der Waals surface area (Å²) < 4.78 is 13.8. The lowest BCUT2D eigenvalue weighted by atomic mass is 10.0. The maximum Gasteiger partial charge on any atom is 0.197 e. The number of aromatic nitrogens is 1. The molecule has 3 aromatic rings. The van der Waals surface area contributed by atoms with Crippen LogP contribution in [0.5, 0.6) is 0 Å². The average molecular weight is 286 g/mol. The second kappa shape index (κ2) is 5.02. The van der Waals surface area contributed by atoms with Crippen molar-refractivity contribution in [2.24, 2.45) is 0 Å². The number of para-hydroxylation sites is 1. The first-order valence-electron chi connectivity index (χ1n) is 6.00. The van der Waals surface area contributed by atoms with E-state index in [4.69, 9.17) is 11.6 Å². The van der Waals surface area contributed by atoms with Crippen molar-refractivity contribution in [3.05, 3.63) is 76.7 Å². The highest BCUT2D eigenvalue weighted by atomic mass is 35.5. The molecule has 20 heavy (non-hydrogen) atoms. The number of benzene rings is 2. The van der Waals surface area contributed by atoms with Crippen LogP contribution in [-0.4, -0.2) is 10.8 Å². The monoisotopic (exact) mass is 285 g/mol. The second-order valence-electron chi connectivity index (χ2n) is 4.37. The van der Waals surface area contributed by atoms with E-state index in [2.05, 4.69) is 4.98 Å². The zero-order valence-electron chi connectivity index (χ0n) is 10.3. The molecule has 0 atom stereocenters. The van der Waals surface area contributed by atoms with Gasteiger partial charge < -0.3 is 0 Å². The Morgan fingerprint density at radius 2 is 1.90 bits per heavy atom. The van der Waals surface area contributed by atoms with Gasteiger partial charge in [-0.2, -0.15) is 0 Å². The van der Waals surface area contributed by atoms with E-state index in [1.807, 2.05) is 24.3 Å². The van der Waals surface area contributed by atoms with Gasteiger partial charge in [0.25, 0.3) is 0 Å². The molecule has 0 aliphatic carbocycles. The zero-order valence-corrected chi connectivity index (χ0v) is 11.1. The quantitative estimate of drug-likeness (QED) is 0.659. The molecule has 0 fully saturated rings. The number of nitrogens with zero attached hydrogens (tertiary/aromatic N) is 1. The predicted molar refractivity (Wildman–Crippen MR) is 76.6 cm³/mol. The van der Waals surface area contributed by atoms with Crippen molar-refractivity contribution in [2.45, 2.75) is 0 Å². The van der Waals surface area contributed by atoms with E-state index in [9.17, 15) is 9.18 Å². The third-order valence-electron chi connectivity index (χ3n) is 3.03. The predicted octanol–water partition coefficient (Wildman–Crippen LogP) is 4.26. The number of hydrogen-bond acceptors (Lipinski definition) is 2. The molecule has 0 aliphatic heterocycles. The first-order valence-corrected chi connectivity index (χ1v) is 6.37. The first kappa shape index (κ1) is 12.8. The van der Waals surface area contributed by atoms with E-state index >= 15 is 0 Å². The van der Waals surface area contributed by atoms with Crippen molar-refractivity contribution in [3.63, 3.8) is 0 Å². The van der Waals surface area contributed by atoms with Gasteiger partial charge >= 0.3 is 0 Å². The summed E-state index contributed by atoms with van der Waals surface area (Å²) >= 11 is 5.68. The summed E-state index contributed by atoms with van der Waals surface area (Å²) in [6.45, 7) is 0. The fourth-order valence-electron chi connectivity index (χ4n) is 2.02. The third kappa shape index (κ3) is 2.28. The van der Waals surface area contributed by atoms with Gasteiger partial charge in [-0.25, -0.2) is 4.39 Å². The van der Waals surface area contributed by atoms with Crippen LogP contribution in [-0.2, 0) is 0 Å². The molecule has 0 saturated carbocycles. The first-order chi connectivity index (χ1) is 9.65. The van der Waals surface area contributed by atoms with Crippen LogP contribution in [0.3, 0.4) is 0 Å². The number of carbonyl (C=O) groups excluding carboxylic acids is 1. The molecular weight excluding hydrogens is 277 g/mol. The highest BCUT2D eigenvalue weighted by molar-refractivity contribution is 6.30. The molecule has 2 nitrogen and oxygen atoms in total. The number of hydrogen-bond donors (Lipinski definition) is 0. The van der Waals surface area contributed by atoms with E-state index < -0.39 is 11.6 Å². The molecule has 0 amide bonds. The van der Waals surface area contributed by atoms with E-state index in [0.29, 0.717) is 5.56 Å². The molecule has 0 radical (unpaired) electrons. The zero-order chi connectivity index (χ0) is 14.1. The highest BCUT2D eigenvalue weighted by Crippen LogP contribution is 2.20. The summed E-state index contributed by atoms with van der Waals surface area (Å²) in [7, 11) is 0. The van der Waals surface area contributed by atoms with Gasteiger partial charge in [-0.05, 0) is 30.3 Å². The fourth-order valence-corrected chi connectivity index (χ4v) is 2.18. The van der Waals surface area contributed by atoms with Crippen molar-refractivity contribution in [1.82, 2.24) is 4.98 Å². The summed E-state index contributed by atoms with van der Waals surface area (Å²) in [5.74, 6) is -1.03. The molecular formula is C16H9ClFNO. The summed E-state index contributed by atoms with van der Waals surface area (Å²) in [5, 5.41) is 1.10. The molecule has 2 aromatic carbocycles. The normalized spacial score (nSPS) is 10.7. The largest absolute Gasteiger partial charge is 0.288 e. The summed E-state index contributed by atoms with van der Waals surface area (Å²) in [6, 6.07) is 13.2. The van der Waals surface area contributed by atoms with E-state index in [1.54, 1.807) is 6.07 Å². The SMILES string of the molecule is O=C(c1cnc2ccccc2c1)c1ccc(Cl)cc1F. The van der Waals surface area contributed by atoms with Crippen LogP contribution in [0.15, 0.2) is 54.7 Å². The second-order valence-corrected chi connectivity index (χ2v) is 4.81. The van der Waals surface area contributed by atoms with Crippen LogP contribution >= 0.6 is 11.6 Å². The summed E-state index contributed by atoms with van der Waals surface area (Å²) in [5.41, 5.74) is 1.14. The fraction of sp³-hybridized carbons (Fsp3) is 0. The Morgan fingerprint density at radius 3 is 2.70 bits per heavy atom. The third-order valence-corrected chi connectivity index (χ3v) is 3.26. The molecule has 0 spiro atoms. The van der Waals surface area contributed by atoms with Gasteiger partial charge in [-0.1, -0.05) is 29.8 Å².